The number of rotatable bonds is 2. The van der Waals surface area contributed by atoms with Crippen LogP contribution in [0.1, 0.15) is 35.2 Å². The molecular weight excluding hydrogens is 244 g/mol. The highest BCUT2D eigenvalue weighted by molar-refractivity contribution is 5.98. The minimum Gasteiger partial charge on any atom is -0.409 e. The van der Waals surface area contributed by atoms with Gasteiger partial charge in [-0.2, -0.15) is 0 Å². The highest BCUT2D eigenvalue weighted by Gasteiger charge is 2.30. The zero-order valence-electron chi connectivity index (χ0n) is 10.9. The number of likely N-dealkylation sites (tertiary alicyclic amines) is 1. The Morgan fingerprint density at radius 1 is 1.53 bits per heavy atom. The van der Waals surface area contributed by atoms with Crippen LogP contribution in [-0.2, 0) is 0 Å². The van der Waals surface area contributed by atoms with Gasteiger partial charge in [-0.25, -0.2) is 0 Å². The molecule has 0 spiro atoms. The number of aryl methyl sites for hydroxylation is 1. The molecule has 0 radical (unpaired) electrons. The molecule has 6 nitrogen and oxygen atoms in total. The number of aromatic nitrogens is 1. The van der Waals surface area contributed by atoms with Crippen LogP contribution in [0.15, 0.2) is 23.6 Å². The second kappa shape index (κ2) is 5.69. The van der Waals surface area contributed by atoms with Gasteiger partial charge in [0.05, 0.1) is 11.6 Å². The minimum absolute atomic E-state index is 0.0914. The number of oxime groups is 1. The largest absolute Gasteiger partial charge is 0.409 e. The second-order valence-electron chi connectivity index (χ2n) is 4.79. The fraction of sp³-hybridized carbons (Fsp3) is 0.462. The monoisotopic (exact) mass is 262 g/mol. The van der Waals surface area contributed by atoms with Crippen LogP contribution in [0.3, 0.4) is 0 Å². The van der Waals surface area contributed by atoms with Crippen molar-refractivity contribution in [1.82, 2.24) is 9.88 Å². The van der Waals surface area contributed by atoms with E-state index in [0.717, 1.165) is 24.8 Å². The molecule has 0 aliphatic carbocycles. The van der Waals surface area contributed by atoms with Crippen LogP contribution in [0.4, 0.5) is 0 Å². The van der Waals surface area contributed by atoms with Crippen molar-refractivity contribution in [3.8, 4) is 0 Å². The van der Waals surface area contributed by atoms with Gasteiger partial charge >= 0.3 is 0 Å². The predicted molar refractivity (Wildman–Crippen MR) is 71.1 cm³/mol. The first kappa shape index (κ1) is 13.3. The van der Waals surface area contributed by atoms with Crippen LogP contribution in [-0.4, -0.2) is 39.4 Å². The van der Waals surface area contributed by atoms with E-state index in [1.54, 1.807) is 23.4 Å². The van der Waals surface area contributed by atoms with Crippen molar-refractivity contribution in [3.05, 3.63) is 29.6 Å². The average Bonchev–Trinajstić information content (AvgIpc) is 2.45. The molecule has 0 aromatic carbocycles. The zero-order chi connectivity index (χ0) is 13.8. The number of nitrogens with two attached hydrogens (primary N) is 1. The number of hydrogen-bond acceptors (Lipinski definition) is 4. The lowest BCUT2D eigenvalue weighted by Crippen LogP contribution is -2.50. The van der Waals surface area contributed by atoms with E-state index >= 15 is 0 Å². The van der Waals surface area contributed by atoms with Crippen LogP contribution in [0.5, 0.6) is 0 Å². The number of hydrogen-bond donors (Lipinski definition) is 2. The van der Waals surface area contributed by atoms with Crippen molar-refractivity contribution in [2.75, 3.05) is 6.54 Å². The van der Waals surface area contributed by atoms with Crippen molar-refractivity contribution in [2.24, 2.45) is 10.9 Å². The molecule has 1 aliphatic heterocycles. The van der Waals surface area contributed by atoms with E-state index in [9.17, 15) is 4.79 Å². The summed E-state index contributed by atoms with van der Waals surface area (Å²) in [6, 6.07) is 1.47. The zero-order valence-corrected chi connectivity index (χ0v) is 10.9. The van der Waals surface area contributed by atoms with Crippen molar-refractivity contribution in [2.45, 2.75) is 32.2 Å². The first-order valence-corrected chi connectivity index (χ1v) is 6.33. The molecule has 2 rings (SSSR count). The van der Waals surface area contributed by atoms with Gasteiger partial charge < -0.3 is 15.8 Å². The summed E-state index contributed by atoms with van der Waals surface area (Å²) < 4.78 is 0. The van der Waals surface area contributed by atoms with Gasteiger partial charge in [-0.3, -0.25) is 9.78 Å². The van der Waals surface area contributed by atoms with E-state index in [1.165, 1.54) is 0 Å². The smallest absolute Gasteiger partial charge is 0.256 e. The molecule has 1 amide bonds. The Bertz CT molecular complexity index is 501. The normalized spacial score (nSPS) is 20.4. The van der Waals surface area contributed by atoms with Crippen LogP contribution >= 0.6 is 0 Å². The molecule has 1 saturated heterocycles. The van der Waals surface area contributed by atoms with Gasteiger partial charge in [0.15, 0.2) is 5.84 Å². The number of amides is 1. The van der Waals surface area contributed by atoms with Gasteiger partial charge in [0.1, 0.15) is 0 Å². The lowest BCUT2D eigenvalue weighted by molar-refractivity contribution is 0.0676. The topological polar surface area (TPSA) is 91.8 Å². The Kier molecular flexibility index (Phi) is 3.99. The number of piperidine rings is 1. The molecule has 1 atom stereocenters. The summed E-state index contributed by atoms with van der Waals surface area (Å²) in [5.74, 6) is -0.0267. The fourth-order valence-electron chi connectivity index (χ4n) is 2.39. The third-order valence-corrected chi connectivity index (χ3v) is 3.34. The Balaban J connectivity index is 2.25. The van der Waals surface area contributed by atoms with Crippen molar-refractivity contribution in [3.63, 3.8) is 0 Å². The summed E-state index contributed by atoms with van der Waals surface area (Å²) in [4.78, 5) is 18.2. The minimum atomic E-state index is -0.327. The van der Waals surface area contributed by atoms with E-state index in [-0.39, 0.29) is 17.8 Å². The third-order valence-electron chi connectivity index (χ3n) is 3.34. The molecule has 0 bridgehead atoms. The highest BCUT2D eigenvalue weighted by Crippen LogP contribution is 2.20. The first-order chi connectivity index (χ1) is 9.13. The van der Waals surface area contributed by atoms with Gasteiger partial charge in [0.25, 0.3) is 5.91 Å². The van der Waals surface area contributed by atoms with E-state index in [0.29, 0.717) is 12.1 Å². The predicted octanol–water partition coefficient (Wildman–Crippen LogP) is 1.13. The van der Waals surface area contributed by atoms with E-state index in [2.05, 4.69) is 10.1 Å². The quantitative estimate of drug-likeness (QED) is 0.362. The highest BCUT2D eigenvalue weighted by atomic mass is 16.4. The first-order valence-electron chi connectivity index (χ1n) is 6.33. The lowest BCUT2D eigenvalue weighted by Gasteiger charge is -2.34. The SMILES string of the molecule is Cc1cncc(C(=O)N2CCCCC2C(N)=NO)c1. The molecule has 1 aromatic rings. The van der Waals surface area contributed by atoms with Crippen molar-refractivity contribution >= 4 is 11.7 Å². The summed E-state index contributed by atoms with van der Waals surface area (Å²) in [6.07, 6.45) is 5.87. The number of carbonyl (C=O) groups is 1. The van der Waals surface area contributed by atoms with Gasteiger partial charge in [-0.1, -0.05) is 5.16 Å². The summed E-state index contributed by atoms with van der Waals surface area (Å²) in [5.41, 5.74) is 7.15. The van der Waals surface area contributed by atoms with Gasteiger partial charge in [0.2, 0.25) is 0 Å². The second-order valence-corrected chi connectivity index (χ2v) is 4.79. The molecular formula is C13H18N4O2. The van der Waals surface area contributed by atoms with Crippen LogP contribution in [0.25, 0.3) is 0 Å². The number of amidine groups is 1. The van der Waals surface area contributed by atoms with Crippen LogP contribution in [0, 0.1) is 6.92 Å². The molecule has 102 valence electrons. The van der Waals surface area contributed by atoms with Crippen molar-refractivity contribution < 1.29 is 10.0 Å². The summed E-state index contributed by atoms with van der Waals surface area (Å²) in [5, 5.41) is 11.9. The fourth-order valence-corrected chi connectivity index (χ4v) is 2.39. The van der Waals surface area contributed by atoms with Gasteiger partial charge in [0, 0.05) is 18.9 Å². The van der Waals surface area contributed by atoms with E-state index in [1.807, 2.05) is 6.92 Å². The molecule has 19 heavy (non-hydrogen) atoms. The molecule has 1 fully saturated rings. The maximum atomic E-state index is 12.5. The molecule has 1 aromatic heterocycles. The Morgan fingerprint density at radius 3 is 3.00 bits per heavy atom. The van der Waals surface area contributed by atoms with Gasteiger partial charge in [-0.15, -0.1) is 0 Å². The Morgan fingerprint density at radius 2 is 2.32 bits per heavy atom. The summed E-state index contributed by atoms with van der Waals surface area (Å²) in [6.45, 7) is 2.51. The number of carbonyl (C=O) groups excluding carboxylic acids is 1. The van der Waals surface area contributed by atoms with Crippen LogP contribution in [0.2, 0.25) is 0 Å². The Hall–Kier alpha value is -2.11. The summed E-state index contributed by atoms with van der Waals surface area (Å²) >= 11 is 0. The average molecular weight is 262 g/mol. The maximum absolute atomic E-state index is 12.5. The van der Waals surface area contributed by atoms with Crippen LogP contribution < -0.4 is 5.73 Å². The molecule has 0 saturated carbocycles. The summed E-state index contributed by atoms with van der Waals surface area (Å²) in [7, 11) is 0. The third kappa shape index (κ3) is 2.83. The molecule has 1 unspecified atom stereocenters. The standard InChI is InChI=1S/C13H18N4O2/c1-9-6-10(8-15-7-9)13(18)17-5-3-2-4-11(17)12(14)16-19/h6-8,11,19H,2-5H2,1H3,(H2,14,16). The van der Waals surface area contributed by atoms with E-state index in [4.69, 9.17) is 10.9 Å². The van der Waals surface area contributed by atoms with E-state index < -0.39 is 0 Å². The lowest BCUT2D eigenvalue weighted by atomic mass is 10.00. The Labute approximate surface area is 111 Å². The molecule has 1 aliphatic rings. The number of pyridine rings is 1. The van der Waals surface area contributed by atoms with Gasteiger partial charge in [-0.05, 0) is 37.8 Å². The van der Waals surface area contributed by atoms with Crippen molar-refractivity contribution in [1.29, 1.82) is 0 Å². The number of nitrogens with zero attached hydrogens (tertiary/aromatic N) is 3. The molecule has 2 heterocycles. The maximum Gasteiger partial charge on any atom is 0.256 e. The molecule has 3 N–H and O–H groups in total. The molecule has 6 heteroatoms.